The summed E-state index contributed by atoms with van der Waals surface area (Å²) in [6.07, 6.45) is 3.91. The van der Waals surface area contributed by atoms with Crippen LogP contribution in [-0.2, 0) is 11.3 Å². The minimum Gasteiger partial charge on any atom is -0.294 e. The smallest absolute Gasteiger partial charge is 0.241 e. The fourth-order valence-electron chi connectivity index (χ4n) is 3.19. The molecule has 3 N–H and O–H groups in total. The van der Waals surface area contributed by atoms with Gasteiger partial charge in [-0.15, -0.1) is 0 Å². The second-order valence-electron chi connectivity index (χ2n) is 6.27. The van der Waals surface area contributed by atoms with Crippen LogP contribution in [0.1, 0.15) is 57.1 Å². The Hall–Kier alpha value is -1.39. The summed E-state index contributed by atoms with van der Waals surface area (Å²) >= 11 is 0. The largest absolute Gasteiger partial charge is 0.294 e. The summed E-state index contributed by atoms with van der Waals surface area (Å²) < 4.78 is 0. The molecule has 21 heavy (non-hydrogen) atoms. The van der Waals surface area contributed by atoms with E-state index in [1.54, 1.807) is 0 Å². The molecule has 0 aliphatic carbocycles. The van der Waals surface area contributed by atoms with Gasteiger partial charge < -0.3 is 0 Å². The average Bonchev–Trinajstić information content (AvgIpc) is 2.50. The number of likely N-dealkylation sites (tertiary alicyclic amines) is 1. The second kappa shape index (κ2) is 7.05. The Morgan fingerprint density at radius 3 is 2.38 bits per heavy atom. The molecule has 0 aromatic heterocycles. The van der Waals surface area contributed by atoms with Gasteiger partial charge in [0.15, 0.2) is 0 Å². The van der Waals surface area contributed by atoms with E-state index in [4.69, 9.17) is 5.84 Å². The molecule has 1 saturated heterocycles. The van der Waals surface area contributed by atoms with Gasteiger partial charge in [0.1, 0.15) is 0 Å². The number of nitrogens with one attached hydrogen (secondary N) is 1. The number of rotatable bonds is 4. The molecule has 1 amide bonds. The number of amides is 1. The van der Waals surface area contributed by atoms with E-state index in [0.717, 1.165) is 12.1 Å². The van der Waals surface area contributed by atoms with E-state index in [-0.39, 0.29) is 11.8 Å². The van der Waals surface area contributed by atoms with Crippen molar-refractivity contribution in [2.75, 3.05) is 0 Å². The topological polar surface area (TPSA) is 58.4 Å². The first-order valence-electron chi connectivity index (χ1n) is 7.88. The van der Waals surface area contributed by atoms with Crippen LogP contribution < -0.4 is 11.3 Å². The molecule has 1 fully saturated rings. The Bertz CT molecular complexity index is 461. The normalized spacial score (nSPS) is 24.6. The Morgan fingerprint density at radius 1 is 1.29 bits per heavy atom. The zero-order valence-electron chi connectivity index (χ0n) is 13.3. The Balaban J connectivity index is 2.03. The lowest BCUT2D eigenvalue weighted by Gasteiger charge is -2.39. The van der Waals surface area contributed by atoms with Crippen LogP contribution in [0.2, 0.25) is 0 Å². The molecule has 1 heterocycles. The lowest BCUT2D eigenvalue weighted by atomic mass is 9.95. The number of benzene rings is 1. The molecule has 1 aromatic rings. The molecule has 3 atom stereocenters. The molecule has 116 valence electrons. The van der Waals surface area contributed by atoms with E-state index in [1.807, 2.05) is 19.1 Å². The highest BCUT2D eigenvalue weighted by Crippen LogP contribution is 2.25. The van der Waals surface area contributed by atoms with Crippen molar-refractivity contribution in [1.82, 2.24) is 10.3 Å². The highest BCUT2D eigenvalue weighted by Gasteiger charge is 2.24. The van der Waals surface area contributed by atoms with Crippen LogP contribution >= 0.6 is 0 Å². The molecule has 2 rings (SSSR count). The van der Waals surface area contributed by atoms with Gasteiger partial charge in [-0.05, 0) is 44.7 Å². The van der Waals surface area contributed by atoms with Crippen LogP contribution in [0.3, 0.4) is 0 Å². The van der Waals surface area contributed by atoms with E-state index >= 15 is 0 Å². The highest BCUT2D eigenvalue weighted by molar-refractivity contribution is 5.82. The maximum atomic E-state index is 11.6. The molecular formula is C17H27N3O. The SMILES string of the molecule is CC(C(=O)NN)c1ccc(CN2[C@H](C)CCC[C@@H]2C)cc1. The summed E-state index contributed by atoms with van der Waals surface area (Å²) in [5.74, 6) is 4.83. The molecule has 1 aliphatic heterocycles. The number of piperidine rings is 1. The minimum absolute atomic E-state index is 0.152. The molecular weight excluding hydrogens is 262 g/mol. The van der Waals surface area contributed by atoms with E-state index in [9.17, 15) is 4.79 Å². The summed E-state index contributed by atoms with van der Waals surface area (Å²) in [4.78, 5) is 14.1. The fraction of sp³-hybridized carbons (Fsp3) is 0.588. The maximum absolute atomic E-state index is 11.6. The molecule has 0 bridgehead atoms. The first kappa shape index (κ1) is 16.0. The first-order chi connectivity index (χ1) is 10.0. The summed E-state index contributed by atoms with van der Waals surface area (Å²) in [5.41, 5.74) is 4.51. The van der Waals surface area contributed by atoms with Gasteiger partial charge in [0.25, 0.3) is 0 Å². The third-order valence-electron chi connectivity index (χ3n) is 4.76. The monoisotopic (exact) mass is 289 g/mol. The van der Waals surface area contributed by atoms with Crippen LogP contribution in [-0.4, -0.2) is 22.9 Å². The van der Waals surface area contributed by atoms with Gasteiger partial charge in [-0.3, -0.25) is 15.1 Å². The van der Waals surface area contributed by atoms with E-state index < -0.39 is 0 Å². The van der Waals surface area contributed by atoms with Crippen molar-refractivity contribution >= 4 is 5.91 Å². The Morgan fingerprint density at radius 2 is 1.86 bits per heavy atom. The number of nitrogens with zero attached hydrogens (tertiary/aromatic N) is 1. The fourth-order valence-corrected chi connectivity index (χ4v) is 3.19. The van der Waals surface area contributed by atoms with Crippen molar-refractivity contribution in [1.29, 1.82) is 0 Å². The molecule has 1 unspecified atom stereocenters. The maximum Gasteiger partial charge on any atom is 0.241 e. The van der Waals surface area contributed by atoms with Crippen molar-refractivity contribution in [3.63, 3.8) is 0 Å². The Labute approximate surface area is 127 Å². The highest BCUT2D eigenvalue weighted by atomic mass is 16.2. The van der Waals surface area contributed by atoms with Gasteiger partial charge in [-0.2, -0.15) is 0 Å². The van der Waals surface area contributed by atoms with Crippen LogP contribution in [0.15, 0.2) is 24.3 Å². The standard InChI is InChI=1S/C17H27N3O/c1-12-5-4-6-13(2)20(12)11-15-7-9-16(10-8-15)14(3)17(21)19-18/h7-10,12-14H,4-6,11,18H2,1-3H3,(H,19,21)/t12-,13+,14?. The minimum atomic E-state index is -0.211. The molecule has 4 heteroatoms. The summed E-state index contributed by atoms with van der Waals surface area (Å²) in [7, 11) is 0. The summed E-state index contributed by atoms with van der Waals surface area (Å²) in [5, 5.41) is 0. The number of carbonyl (C=O) groups excluding carboxylic acids is 1. The number of nitrogens with two attached hydrogens (primary N) is 1. The van der Waals surface area contributed by atoms with Gasteiger partial charge in [-0.25, -0.2) is 5.84 Å². The lowest BCUT2D eigenvalue weighted by molar-refractivity contribution is -0.122. The third kappa shape index (κ3) is 3.83. The molecule has 1 aromatic carbocycles. The van der Waals surface area contributed by atoms with E-state index in [0.29, 0.717) is 12.1 Å². The van der Waals surface area contributed by atoms with Gasteiger partial charge in [-0.1, -0.05) is 30.7 Å². The van der Waals surface area contributed by atoms with Gasteiger partial charge in [0.05, 0.1) is 5.92 Å². The number of hydrogen-bond donors (Lipinski definition) is 2. The van der Waals surface area contributed by atoms with Gasteiger partial charge in [0, 0.05) is 18.6 Å². The van der Waals surface area contributed by atoms with Crippen molar-refractivity contribution in [3.8, 4) is 0 Å². The lowest BCUT2D eigenvalue weighted by Crippen LogP contribution is -2.42. The van der Waals surface area contributed by atoms with E-state index in [1.165, 1.54) is 24.8 Å². The zero-order valence-corrected chi connectivity index (χ0v) is 13.3. The van der Waals surface area contributed by atoms with Gasteiger partial charge in [0.2, 0.25) is 5.91 Å². The quantitative estimate of drug-likeness (QED) is 0.509. The van der Waals surface area contributed by atoms with Crippen LogP contribution in [0.5, 0.6) is 0 Å². The predicted octanol–water partition coefficient (Wildman–Crippen LogP) is 2.54. The zero-order chi connectivity index (χ0) is 15.4. The molecule has 0 saturated carbocycles. The van der Waals surface area contributed by atoms with Crippen molar-refractivity contribution < 1.29 is 4.79 Å². The van der Waals surface area contributed by atoms with Crippen LogP contribution in [0.4, 0.5) is 0 Å². The predicted molar refractivity (Wildman–Crippen MR) is 85.5 cm³/mol. The van der Waals surface area contributed by atoms with Crippen molar-refractivity contribution in [2.24, 2.45) is 5.84 Å². The average molecular weight is 289 g/mol. The summed E-state index contributed by atoms with van der Waals surface area (Å²) in [6, 6.07) is 9.63. The number of carbonyl (C=O) groups is 1. The second-order valence-corrected chi connectivity index (χ2v) is 6.27. The Kier molecular flexibility index (Phi) is 5.37. The van der Waals surface area contributed by atoms with Crippen molar-refractivity contribution in [2.45, 2.75) is 64.6 Å². The van der Waals surface area contributed by atoms with Crippen LogP contribution in [0.25, 0.3) is 0 Å². The van der Waals surface area contributed by atoms with Gasteiger partial charge >= 0.3 is 0 Å². The molecule has 0 radical (unpaired) electrons. The number of hydrazine groups is 1. The third-order valence-corrected chi connectivity index (χ3v) is 4.76. The first-order valence-corrected chi connectivity index (χ1v) is 7.88. The molecule has 0 spiro atoms. The molecule has 1 aliphatic rings. The number of hydrogen-bond acceptors (Lipinski definition) is 3. The van der Waals surface area contributed by atoms with Crippen molar-refractivity contribution in [3.05, 3.63) is 35.4 Å². The summed E-state index contributed by atoms with van der Waals surface area (Å²) in [6.45, 7) is 7.49. The van der Waals surface area contributed by atoms with Crippen LogP contribution in [0, 0.1) is 0 Å². The molecule has 4 nitrogen and oxygen atoms in total. The van der Waals surface area contributed by atoms with E-state index in [2.05, 4.69) is 36.3 Å².